The highest BCUT2D eigenvalue weighted by Gasteiger charge is 2.36. The minimum absolute atomic E-state index is 0.0183. The summed E-state index contributed by atoms with van der Waals surface area (Å²) in [5.74, 6) is -2.76. The van der Waals surface area contributed by atoms with Gasteiger partial charge in [0, 0.05) is 18.8 Å². The molecule has 2 aromatic carbocycles. The third-order valence-corrected chi connectivity index (χ3v) is 4.32. The summed E-state index contributed by atoms with van der Waals surface area (Å²) in [4.78, 5) is 29.2. The highest BCUT2D eigenvalue weighted by Crippen LogP contribution is 2.40. The van der Waals surface area contributed by atoms with E-state index < -0.39 is 34.8 Å². The number of halogens is 4. The van der Waals surface area contributed by atoms with Crippen LogP contribution in [0, 0.1) is 5.82 Å². The average Bonchev–Trinajstić information content (AvgIpc) is 3.09. The first-order valence-electron chi connectivity index (χ1n) is 8.81. The molecule has 0 bridgehead atoms. The number of hydrogen-bond acceptors (Lipinski definition) is 6. The fraction of sp³-hybridized carbons (Fsp3) is 0.250. The number of carbonyl (C=O) groups excluding carboxylic acids is 2. The highest BCUT2D eigenvalue weighted by atomic mass is 19.4. The lowest BCUT2D eigenvalue weighted by atomic mass is 10.1. The number of likely N-dealkylation sites (N-methyl/N-ethyl adjacent to an activating group) is 1. The standard InChI is InChI=1S/C20H17F4N3O3/c1-27(2)9-8-25-13-6-7-14-18(17(13)15(29)10-28)30-19(26-14)16-11(20(22,23)24)4-3-5-12(16)21/h3-7,10,25H,8-9H2,1-2H3. The number of rotatable bonds is 7. The average molecular weight is 423 g/mol. The maximum absolute atomic E-state index is 14.3. The van der Waals surface area contributed by atoms with Crippen LogP contribution in [-0.2, 0) is 11.0 Å². The summed E-state index contributed by atoms with van der Waals surface area (Å²) in [5, 5.41) is 2.98. The van der Waals surface area contributed by atoms with Crippen molar-refractivity contribution in [3.05, 3.63) is 47.3 Å². The normalized spacial score (nSPS) is 11.8. The third-order valence-electron chi connectivity index (χ3n) is 4.32. The van der Waals surface area contributed by atoms with Crippen LogP contribution in [0.4, 0.5) is 23.2 Å². The minimum Gasteiger partial charge on any atom is -0.435 e. The predicted molar refractivity (Wildman–Crippen MR) is 102 cm³/mol. The summed E-state index contributed by atoms with van der Waals surface area (Å²) >= 11 is 0. The molecule has 3 rings (SSSR count). The van der Waals surface area contributed by atoms with Crippen molar-refractivity contribution in [3.8, 4) is 11.5 Å². The van der Waals surface area contributed by atoms with Crippen molar-refractivity contribution in [2.24, 2.45) is 0 Å². The molecule has 0 amide bonds. The molecule has 1 heterocycles. The molecule has 10 heteroatoms. The Bertz CT molecular complexity index is 1110. The van der Waals surface area contributed by atoms with E-state index in [2.05, 4.69) is 10.3 Å². The van der Waals surface area contributed by atoms with Gasteiger partial charge in [-0.1, -0.05) is 6.07 Å². The second kappa shape index (κ2) is 8.23. The second-order valence-electron chi connectivity index (χ2n) is 6.73. The van der Waals surface area contributed by atoms with E-state index >= 15 is 0 Å². The molecule has 0 spiro atoms. The van der Waals surface area contributed by atoms with Crippen LogP contribution in [0.2, 0.25) is 0 Å². The van der Waals surface area contributed by atoms with Gasteiger partial charge in [0.05, 0.1) is 16.7 Å². The molecule has 0 radical (unpaired) electrons. The van der Waals surface area contributed by atoms with Crippen molar-refractivity contribution in [3.63, 3.8) is 0 Å². The number of anilines is 1. The van der Waals surface area contributed by atoms with Gasteiger partial charge in [-0.15, -0.1) is 0 Å². The van der Waals surface area contributed by atoms with E-state index in [0.717, 1.165) is 12.1 Å². The number of aldehydes is 1. The summed E-state index contributed by atoms with van der Waals surface area (Å²) in [6.07, 6.45) is -4.78. The van der Waals surface area contributed by atoms with E-state index in [1.165, 1.54) is 12.1 Å². The van der Waals surface area contributed by atoms with Crippen molar-refractivity contribution in [2.45, 2.75) is 6.18 Å². The van der Waals surface area contributed by atoms with Gasteiger partial charge in [0.25, 0.3) is 0 Å². The molecule has 0 saturated heterocycles. The Morgan fingerprint density at radius 3 is 2.60 bits per heavy atom. The van der Waals surface area contributed by atoms with Crippen LogP contribution in [0.1, 0.15) is 15.9 Å². The summed E-state index contributed by atoms with van der Waals surface area (Å²) in [5.41, 5.74) is -2.23. The first-order chi connectivity index (χ1) is 14.1. The molecular formula is C20H17F4N3O3. The van der Waals surface area contributed by atoms with Crippen molar-refractivity contribution < 1.29 is 31.6 Å². The molecule has 30 heavy (non-hydrogen) atoms. The lowest BCUT2D eigenvalue weighted by molar-refractivity contribution is -0.137. The molecule has 6 nitrogen and oxygen atoms in total. The SMILES string of the molecule is CN(C)CCNc1ccc2nc(-c3c(F)cccc3C(F)(F)F)oc2c1C(=O)C=O. The largest absolute Gasteiger partial charge is 0.435 e. The Morgan fingerprint density at radius 1 is 1.23 bits per heavy atom. The third kappa shape index (κ3) is 4.18. The van der Waals surface area contributed by atoms with E-state index in [0.29, 0.717) is 19.2 Å². The first-order valence-corrected chi connectivity index (χ1v) is 8.81. The summed E-state index contributed by atoms with van der Waals surface area (Å²) < 4.78 is 59.8. The van der Waals surface area contributed by atoms with E-state index in [9.17, 15) is 27.2 Å². The zero-order valence-corrected chi connectivity index (χ0v) is 16.0. The lowest BCUT2D eigenvalue weighted by Gasteiger charge is -2.13. The van der Waals surface area contributed by atoms with Gasteiger partial charge in [0.1, 0.15) is 11.3 Å². The number of oxazole rings is 1. The van der Waals surface area contributed by atoms with E-state index in [4.69, 9.17) is 4.42 Å². The molecule has 1 N–H and O–H groups in total. The van der Waals surface area contributed by atoms with E-state index in [-0.39, 0.29) is 28.6 Å². The molecule has 0 atom stereocenters. The molecule has 0 fully saturated rings. The van der Waals surface area contributed by atoms with Crippen molar-refractivity contribution in [2.75, 3.05) is 32.5 Å². The summed E-state index contributed by atoms with van der Waals surface area (Å²) in [7, 11) is 3.69. The highest BCUT2D eigenvalue weighted by molar-refractivity contribution is 6.37. The van der Waals surface area contributed by atoms with Crippen LogP contribution in [0.3, 0.4) is 0 Å². The molecule has 3 aromatic rings. The predicted octanol–water partition coefficient (Wildman–Crippen LogP) is 4.01. The fourth-order valence-electron chi connectivity index (χ4n) is 2.94. The number of aromatic nitrogens is 1. The van der Waals surface area contributed by atoms with Crippen LogP contribution in [0.15, 0.2) is 34.7 Å². The molecule has 1 aromatic heterocycles. The number of ketones is 1. The zero-order valence-electron chi connectivity index (χ0n) is 16.0. The summed E-state index contributed by atoms with van der Waals surface area (Å²) in [6, 6.07) is 5.37. The molecule has 0 unspecified atom stereocenters. The van der Waals surface area contributed by atoms with Crippen LogP contribution in [0.25, 0.3) is 22.6 Å². The number of hydrogen-bond donors (Lipinski definition) is 1. The minimum atomic E-state index is -4.85. The van der Waals surface area contributed by atoms with Crippen LogP contribution >= 0.6 is 0 Å². The van der Waals surface area contributed by atoms with Gasteiger partial charge >= 0.3 is 6.18 Å². The first kappa shape index (κ1) is 21.4. The Hall–Kier alpha value is -3.27. The quantitative estimate of drug-likeness (QED) is 0.268. The Labute approximate surface area is 168 Å². The molecule has 0 aliphatic carbocycles. The zero-order chi connectivity index (χ0) is 22.1. The number of benzene rings is 2. The summed E-state index contributed by atoms with van der Waals surface area (Å²) in [6.45, 7) is 1.03. The van der Waals surface area contributed by atoms with Crippen LogP contribution in [-0.4, -0.2) is 49.1 Å². The van der Waals surface area contributed by atoms with Crippen molar-refractivity contribution in [1.29, 1.82) is 0 Å². The van der Waals surface area contributed by atoms with Gasteiger partial charge in [0.15, 0.2) is 11.9 Å². The number of nitrogens with zero attached hydrogens (tertiary/aromatic N) is 2. The van der Waals surface area contributed by atoms with Gasteiger partial charge < -0.3 is 14.6 Å². The topological polar surface area (TPSA) is 75.4 Å². The van der Waals surface area contributed by atoms with Gasteiger partial charge in [0.2, 0.25) is 11.7 Å². The van der Waals surface area contributed by atoms with E-state index in [1.54, 1.807) is 0 Å². The maximum atomic E-state index is 14.3. The van der Waals surface area contributed by atoms with Crippen LogP contribution in [0.5, 0.6) is 0 Å². The Morgan fingerprint density at radius 2 is 1.97 bits per heavy atom. The maximum Gasteiger partial charge on any atom is 0.417 e. The smallest absolute Gasteiger partial charge is 0.417 e. The number of alkyl halides is 3. The second-order valence-corrected chi connectivity index (χ2v) is 6.73. The van der Waals surface area contributed by atoms with Gasteiger partial charge in [-0.3, -0.25) is 9.59 Å². The van der Waals surface area contributed by atoms with E-state index in [1.807, 2.05) is 19.0 Å². The number of fused-ring (bicyclic) bond motifs is 1. The van der Waals surface area contributed by atoms with Gasteiger partial charge in [-0.2, -0.15) is 13.2 Å². The number of carbonyl (C=O) groups is 2. The molecular weight excluding hydrogens is 406 g/mol. The van der Waals surface area contributed by atoms with Crippen molar-refractivity contribution >= 4 is 28.9 Å². The molecule has 0 saturated carbocycles. The van der Waals surface area contributed by atoms with Crippen molar-refractivity contribution in [1.82, 2.24) is 9.88 Å². The van der Waals surface area contributed by atoms with Gasteiger partial charge in [-0.25, -0.2) is 9.37 Å². The van der Waals surface area contributed by atoms with Crippen LogP contribution < -0.4 is 5.32 Å². The fourth-order valence-corrected chi connectivity index (χ4v) is 2.94. The molecule has 0 aliphatic heterocycles. The number of Topliss-reactive ketones (excluding diaryl/α,β-unsaturated/α-hetero) is 1. The Kier molecular flexibility index (Phi) is 5.88. The van der Waals surface area contributed by atoms with Gasteiger partial charge in [-0.05, 0) is 38.4 Å². The lowest BCUT2D eigenvalue weighted by Crippen LogP contribution is -2.21. The molecule has 158 valence electrons. The molecule has 0 aliphatic rings. The number of nitrogens with one attached hydrogen (secondary N) is 1. The monoisotopic (exact) mass is 423 g/mol. The Balaban J connectivity index is 2.18.